The fraction of sp³-hybridized carbons (Fsp3) is 0.200. The number of nitrogens with one attached hydrogen (secondary N) is 1. The fourth-order valence-corrected chi connectivity index (χ4v) is 2.99. The first-order valence-corrected chi connectivity index (χ1v) is 8.18. The minimum Gasteiger partial charge on any atom is -0.374 e. The quantitative estimate of drug-likeness (QED) is 0.752. The Kier molecular flexibility index (Phi) is 4.57. The molecule has 0 fully saturated rings. The number of hydrogen-bond donors (Lipinski definition) is 2. The third-order valence-corrected chi connectivity index (χ3v) is 4.46. The summed E-state index contributed by atoms with van der Waals surface area (Å²) >= 11 is 0. The SMILES string of the molecule is Cc1ccccc1-c1c[nH]c(=O)c2cc(N(C)CCC(N)=O)ccc12. The maximum Gasteiger partial charge on any atom is 0.255 e. The first kappa shape index (κ1) is 16.8. The molecule has 3 aromatic rings. The number of carbonyl (C=O) groups is 1. The predicted molar refractivity (Wildman–Crippen MR) is 102 cm³/mol. The number of nitrogens with zero attached hydrogens (tertiary/aromatic N) is 1. The van der Waals surface area contributed by atoms with Crippen LogP contribution < -0.4 is 16.2 Å². The lowest BCUT2D eigenvalue weighted by Gasteiger charge is -2.19. The molecule has 0 aliphatic carbocycles. The second-order valence-corrected chi connectivity index (χ2v) is 6.21. The molecule has 1 amide bonds. The van der Waals surface area contributed by atoms with Gasteiger partial charge in [-0.2, -0.15) is 0 Å². The summed E-state index contributed by atoms with van der Waals surface area (Å²) < 4.78 is 0. The van der Waals surface area contributed by atoms with E-state index in [4.69, 9.17) is 5.73 Å². The van der Waals surface area contributed by atoms with E-state index in [1.54, 1.807) is 6.20 Å². The molecule has 0 saturated heterocycles. The van der Waals surface area contributed by atoms with Gasteiger partial charge in [-0.15, -0.1) is 0 Å². The van der Waals surface area contributed by atoms with Gasteiger partial charge in [-0.1, -0.05) is 30.3 Å². The number of pyridine rings is 1. The molecule has 0 unspecified atom stereocenters. The van der Waals surface area contributed by atoms with Gasteiger partial charge in [0.25, 0.3) is 5.56 Å². The highest BCUT2D eigenvalue weighted by molar-refractivity contribution is 5.97. The number of aromatic nitrogens is 1. The number of hydrogen-bond acceptors (Lipinski definition) is 3. The monoisotopic (exact) mass is 335 g/mol. The van der Waals surface area contributed by atoms with Gasteiger partial charge in [0.05, 0.1) is 0 Å². The molecule has 0 saturated carbocycles. The molecule has 1 aromatic heterocycles. The normalized spacial score (nSPS) is 10.8. The van der Waals surface area contributed by atoms with Gasteiger partial charge < -0.3 is 15.6 Å². The molecule has 2 aromatic carbocycles. The highest BCUT2D eigenvalue weighted by Crippen LogP contribution is 2.30. The van der Waals surface area contributed by atoms with Crippen molar-refractivity contribution in [3.63, 3.8) is 0 Å². The molecule has 1 heterocycles. The lowest BCUT2D eigenvalue weighted by molar-refractivity contribution is -0.117. The smallest absolute Gasteiger partial charge is 0.255 e. The van der Waals surface area contributed by atoms with Gasteiger partial charge in [0.1, 0.15) is 0 Å². The number of fused-ring (bicyclic) bond motifs is 1. The number of primary amides is 1. The predicted octanol–water partition coefficient (Wildman–Crippen LogP) is 2.82. The Hall–Kier alpha value is -3.08. The summed E-state index contributed by atoms with van der Waals surface area (Å²) in [7, 11) is 1.88. The van der Waals surface area contributed by atoms with Crippen LogP contribution in [-0.4, -0.2) is 24.5 Å². The van der Waals surface area contributed by atoms with Crippen LogP contribution in [0.2, 0.25) is 0 Å². The van der Waals surface area contributed by atoms with Crippen molar-refractivity contribution in [2.45, 2.75) is 13.3 Å². The highest BCUT2D eigenvalue weighted by Gasteiger charge is 2.11. The van der Waals surface area contributed by atoms with E-state index in [0.29, 0.717) is 11.9 Å². The minimum absolute atomic E-state index is 0.127. The van der Waals surface area contributed by atoms with Gasteiger partial charge in [-0.05, 0) is 35.6 Å². The first-order valence-electron chi connectivity index (χ1n) is 8.18. The summed E-state index contributed by atoms with van der Waals surface area (Å²) in [5.74, 6) is -0.340. The van der Waals surface area contributed by atoms with E-state index in [2.05, 4.69) is 24.0 Å². The zero-order chi connectivity index (χ0) is 18.0. The summed E-state index contributed by atoms with van der Waals surface area (Å²) in [5, 5.41) is 1.54. The Balaban J connectivity index is 2.09. The van der Waals surface area contributed by atoms with E-state index in [1.807, 2.05) is 42.3 Å². The number of aromatic amines is 1. The summed E-state index contributed by atoms with van der Waals surface area (Å²) in [6.07, 6.45) is 2.04. The Morgan fingerprint density at radius 2 is 1.88 bits per heavy atom. The van der Waals surface area contributed by atoms with Crippen molar-refractivity contribution in [1.82, 2.24) is 4.98 Å². The van der Waals surface area contributed by atoms with Crippen molar-refractivity contribution < 1.29 is 4.79 Å². The Bertz CT molecular complexity index is 992. The van der Waals surface area contributed by atoms with E-state index in [-0.39, 0.29) is 17.9 Å². The van der Waals surface area contributed by atoms with Gasteiger partial charge in [0.15, 0.2) is 0 Å². The average molecular weight is 335 g/mol. The third kappa shape index (κ3) is 3.40. The minimum atomic E-state index is -0.340. The van der Waals surface area contributed by atoms with Crippen LogP contribution in [0.3, 0.4) is 0 Å². The Morgan fingerprint density at radius 1 is 1.12 bits per heavy atom. The van der Waals surface area contributed by atoms with Crippen molar-refractivity contribution in [2.75, 3.05) is 18.5 Å². The lowest BCUT2D eigenvalue weighted by Crippen LogP contribution is -2.24. The molecule has 3 rings (SSSR count). The van der Waals surface area contributed by atoms with Crippen molar-refractivity contribution >= 4 is 22.4 Å². The summed E-state index contributed by atoms with van der Waals surface area (Å²) in [4.78, 5) is 28.1. The van der Waals surface area contributed by atoms with Crippen LogP contribution in [0.4, 0.5) is 5.69 Å². The van der Waals surface area contributed by atoms with E-state index < -0.39 is 0 Å². The average Bonchev–Trinajstić information content (AvgIpc) is 2.60. The summed E-state index contributed by atoms with van der Waals surface area (Å²) in [6, 6.07) is 13.9. The van der Waals surface area contributed by atoms with Crippen molar-refractivity contribution in [3.8, 4) is 11.1 Å². The number of carbonyl (C=O) groups excluding carboxylic acids is 1. The second kappa shape index (κ2) is 6.81. The molecule has 128 valence electrons. The van der Waals surface area contributed by atoms with Gasteiger partial charge >= 0.3 is 0 Å². The van der Waals surface area contributed by atoms with Crippen molar-refractivity contribution in [1.29, 1.82) is 0 Å². The number of aryl methyl sites for hydroxylation is 1. The zero-order valence-corrected chi connectivity index (χ0v) is 14.4. The maximum atomic E-state index is 12.3. The van der Waals surface area contributed by atoms with Gasteiger partial charge in [-0.3, -0.25) is 9.59 Å². The number of amides is 1. The largest absolute Gasteiger partial charge is 0.374 e. The third-order valence-electron chi connectivity index (χ3n) is 4.46. The lowest BCUT2D eigenvalue weighted by atomic mass is 9.97. The molecule has 5 nitrogen and oxygen atoms in total. The van der Waals surface area contributed by atoms with E-state index in [9.17, 15) is 9.59 Å². The zero-order valence-electron chi connectivity index (χ0n) is 14.4. The van der Waals surface area contributed by atoms with E-state index >= 15 is 0 Å². The molecule has 0 bridgehead atoms. The molecular formula is C20H21N3O2. The number of rotatable bonds is 5. The Morgan fingerprint density at radius 3 is 2.60 bits per heavy atom. The maximum absolute atomic E-state index is 12.3. The van der Waals surface area contributed by atoms with Crippen LogP contribution in [0, 0.1) is 6.92 Å². The molecule has 0 radical (unpaired) electrons. The van der Waals surface area contributed by atoms with Crippen LogP contribution >= 0.6 is 0 Å². The van der Waals surface area contributed by atoms with Crippen molar-refractivity contribution in [2.24, 2.45) is 5.73 Å². The molecule has 25 heavy (non-hydrogen) atoms. The van der Waals surface area contributed by atoms with Gasteiger partial charge in [0, 0.05) is 42.8 Å². The first-order chi connectivity index (χ1) is 12.0. The molecular weight excluding hydrogens is 314 g/mol. The van der Waals surface area contributed by atoms with Crippen LogP contribution in [0.1, 0.15) is 12.0 Å². The molecule has 0 spiro atoms. The van der Waals surface area contributed by atoms with E-state index in [1.165, 1.54) is 0 Å². The summed E-state index contributed by atoms with van der Waals surface area (Å²) in [6.45, 7) is 2.56. The topological polar surface area (TPSA) is 79.2 Å². The number of H-pyrrole nitrogens is 1. The molecule has 0 aliphatic rings. The molecule has 0 aliphatic heterocycles. The highest BCUT2D eigenvalue weighted by atomic mass is 16.1. The van der Waals surface area contributed by atoms with E-state index in [0.717, 1.165) is 27.8 Å². The van der Waals surface area contributed by atoms with Crippen LogP contribution in [0.5, 0.6) is 0 Å². The van der Waals surface area contributed by atoms with Crippen LogP contribution in [0.15, 0.2) is 53.5 Å². The molecule has 5 heteroatoms. The second-order valence-electron chi connectivity index (χ2n) is 6.21. The van der Waals surface area contributed by atoms with Crippen LogP contribution in [-0.2, 0) is 4.79 Å². The van der Waals surface area contributed by atoms with Crippen molar-refractivity contribution in [3.05, 3.63) is 64.6 Å². The number of benzene rings is 2. The molecule has 0 atom stereocenters. The van der Waals surface area contributed by atoms with Gasteiger partial charge in [-0.25, -0.2) is 0 Å². The van der Waals surface area contributed by atoms with Gasteiger partial charge in [0.2, 0.25) is 5.91 Å². The fourth-order valence-electron chi connectivity index (χ4n) is 2.99. The standard InChI is InChI=1S/C20H21N3O2/c1-13-5-3-4-6-15(13)18-12-22-20(25)17-11-14(7-8-16(17)18)23(2)10-9-19(21)24/h3-8,11-12H,9-10H2,1-2H3,(H2,21,24)(H,22,25). The number of nitrogens with two attached hydrogens (primary N) is 1. The Labute approximate surface area is 146 Å². The number of anilines is 1. The van der Waals surface area contributed by atoms with Crippen LogP contribution in [0.25, 0.3) is 21.9 Å². The summed E-state index contributed by atoms with van der Waals surface area (Å²) in [5.41, 5.74) is 9.21. The molecule has 3 N–H and O–H groups in total.